The number of halogens is 1. The monoisotopic (exact) mass is 261 g/mol. The van der Waals surface area contributed by atoms with Crippen LogP contribution in [0.2, 0.25) is 0 Å². The quantitative estimate of drug-likeness (QED) is 0.829. The van der Waals surface area contributed by atoms with Crippen molar-refractivity contribution in [1.82, 2.24) is 0 Å². The first-order valence-electron chi connectivity index (χ1n) is 4.56. The van der Waals surface area contributed by atoms with Gasteiger partial charge in [-0.1, -0.05) is 18.2 Å². The number of Topliss-reactive ketones (excluding diaryl/α,β-unsaturated/α-hetero) is 1. The molecule has 0 aliphatic rings. The van der Waals surface area contributed by atoms with Crippen molar-refractivity contribution in [2.75, 3.05) is 5.88 Å². The second-order valence-electron chi connectivity index (χ2n) is 3.40. The normalized spacial score (nSPS) is 13.4. The van der Waals surface area contributed by atoms with Gasteiger partial charge in [0.1, 0.15) is 5.78 Å². The Hall–Kier alpha value is -0.910. The second kappa shape index (κ2) is 4.95. The van der Waals surface area contributed by atoms with Gasteiger partial charge in [0.15, 0.2) is 0 Å². The van der Waals surface area contributed by atoms with E-state index in [4.69, 9.17) is 16.7 Å². The lowest BCUT2D eigenvalue weighted by molar-refractivity contribution is -0.118. The fourth-order valence-electron chi connectivity index (χ4n) is 1.44. The Morgan fingerprint density at radius 2 is 2.00 bits per heavy atom. The summed E-state index contributed by atoms with van der Waals surface area (Å²) in [5.74, 6) is -0.802. The maximum atomic E-state index is 11.3. The largest absolute Gasteiger partial charge is 0.299 e. The van der Waals surface area contributed by atoms with Gasteiger partial charge >= 0.3 is 0 Å². The van der Waals surface area contributed by atoms with Crippen LogP contribution in [-0.2, 0) is 14.8 Å². The highest BCUT2D eigenvalue weighted by molar-refractivity contribution is 7.89. The Morgan fingerprint density at radius 3 is 2.44 bits per heavy atom. The van der Waals surface area contributed by atoms with E-state index < -0.39 is 15.9 Å². The molecule has 0 bridgehead atoms. The molecule has 16 heavy (non-hydrogen) atoms. The summed E-state index contributed by atoms with van der Waals surface area (Å²) in [5, 5.41) is 5.07. The lowest BCUT2D eigenvalue weighted by atomic mass is 9.97. The summed E-state index contributed by atoms with van der Waals surface area (Å²) in [6.45, 7) is 1.37. The van der Waals surface area contributed by atoms with Gasteiger partial charge in [-0.2, -0.15) is 0 Å². The van der Waals surface area contributed by atoms with Crippen molar-refractivity contribution >= 4 is 27.4 Å². The van der Waals surface area contributed by atoms with Gasteiger partial charge in [-0.05, 0) is 18.6 Å². The highest BCUT2D eigenvalue weighted by Gasteiger charge is 2.23. The highest BCUT2D eigenvalue weighted by atomic mass is 35.5. The van der Waals surface area contributed by atoms with E-state index >= 15 is 0 Å². The van der Waals surface area contributed by atoms with Crippen LogP contribution in [0.1, 0.15) is 18.4 Å². The molecular formula is C10H12ClNO3S. The summed E-state index contributed by atoms with van der Waals surface area (Å²) in [5.41, 5.74) is 0.354. The number of carbonyl (C=O) groups is 1. The van der Waals surface area contributed by atoms with E-state index in [2.05, 4.69) is 0 Å². The van der Waals surface area contributed by atoms with E-state index in [9.17, 15) is 13.2 Å². The Bertz CT molecular complexity index is 499. The number of benzene rings is 1. The molecule has 1 aromatic carbocycles. The Kier molecular flexibility index (Phi) is 4.07. The van der Waals surface area contributed by atoms with E-state index in [1.165, 1.54) is 13.0 Å². The van der Waals surface area contributed by atoms with Crippen molar-refractivity contribution in [3.63, 3.8) is 0 Å². The van der Waals surface area contributed by atoms with Crippen molar-refractivity contribution in [3.8, 4) is 0 Å². The number of sulfonamides is 1. The predicted molar refractivity (Wildman–Crippen MR) is 62.0 cm³/mol. The molecule has 0 aromatic heterocycles. The molecule has 88 valence electrons. The topological polar surface area (TPSA) is 77.2 Å². The first-order valence-corrected chi connectivity index (χ1v) is 6.64. The molecule has 2 N–H and O–H groups in total. The first-order chi connectivity index (χ1) is 7.38. The van der Waals surface area contributed by atoms with E-state index in [-0.39, 0.29) is 16.6 Å². The van der Waals surface area contributed by atoms with Crippen LogP contribution in [0.5, 0.6) is 0 Å². The summed E-state index contributed by atoms with van der Waals surface area (Å²) in [6, 6.07) is 6.11. The molecule has 0 saturated heterocycles. The minimum Gasteiger partial charge on any atom is -0.299 e. The molecule has 0 radical (unpaired) electrons. The number of hydrogen-bond acceptors (Lipinski definition) is 3. The van der Waals surface area contributed by atoms with Crippen molar-refractivity contribution in [3.05, 3.63) is 29.8 Å². The van der Waals surface area contributed by atoms with Gasteiger partial charge in [0.25, 0.3) is 0 Å². The van der Waals surface area contributed by atoms with Crippen molar-refractivity contribution in [2.45, 2.75) is 17.7 Å². The smallest absolute Gasteiger partial charge is 0.238 e. The third kappa shape index (κ3) is 2.81. The molecule has 4 nitrogen and oxygen atoms in total. The Morgan fingerprint density at radius 1 is 1.44 bits per heavy atom. The third-order valence-corrected chi connectivity index (χ3v) is 3.54. The predicted octanol–water partition coefficient (Wildman–Crippen LogP) is 1.25. The van der Waals surface area contributed by atoms with Gasteiger partial charge in [-0.3, -0.25) is 4.79 Å². The van der Waals surface area contributed by atoms with Crippen LogP contribution >= 0.6 is 11.6 Å². The van der Waals surface area contributed by atoms with Crippen LogP contribution < -0.4 is 5.14 Å². The maximum Gasteiger partial charge on any atom is 0.238 e. The average molecular weight is 262 g/mol. The number of nitrogens with two attached hydrogens (primary N) is 1. The zero-order valence-electron chi connectivity index (χ0n) is 8.68. The highest BCUT2D eigenvalue weighted by Crippen LogP contribution is 2.25. The summed E-state index contributed by atoms with van der Waals surface area (Å²) < 4.78 is 22.6. The third-order valence-electron chi connectivity index (χ3n) is 2.25. The van der Waals surface area contributed by atoms with E-state index in [1.807, 2.05) is 0 Å². The van der Waals surface area contributed by atoms with Crippen LogP contribution in [0.25, 0.3) is 0 Å². The molecule has 0 aliphatic heterocycles. The number of carbonyl (C=O) groups excluding carboxylic acids is 1. The van der Waals surface area contributed by atoms with Gasteiger partial charge in [0, 0.05) is 5.88 Å². The maximum absolute atomic E-state index is 11.3. The SMILES string of the molecule is CC(=O)C(CCl)c1ccccc1S(N)(=O)=O. The van der Waals surface area contributed by atoms with Crippen LogP contribution in [0.15, 0.2) is 29.2 Å². The molecule has 0 saturated carbocycles. The van der Waals surface area contributed by atoms with Crippen LogP contribution in [0, 0.1) is 0 Å². The van der Waals surface area contributed by atoms with Crippen molar-refractivity contribution < 1.29 is 13.2 Å². The summed E-state index contributed by atoms with van der Waals surface area (Å²) in [6.07, 6.45) is 0. The molecular weight excluding hydrogens is 250 g/mol. The minimum atomic E-state index is -3.83. The fraction of sp³-hybridized carbons (Fsp3) is 0.300. The Balaban J connectivity index is 3.39. The number of alkyl halides is 1. The average Bonchev–Trinajstić information content (AvgIpc) is 2.17. The van der Waals surface area contributed by atoms with Gasteiger partial charge in [-0.25, -0.2) is 13.6 Å². The van der Waals surface area contributed by atoms with Gasteiger partial charge < -0.3 is 0 Å². The molecule has 0 amide bonds. The molecule has 1 unspecified atom stereocenters. The van der Waals surface area contributed by atoms with E-state index in [0.717, 1.165) is 0 Å². The van der Waals surface area contributed by atoms with E-state index in [0.29, 0.717) is 5.56 Å². The Labute approximate surface area is 99.5 Å². The van der Waals surface area contributed by atoms with Crippen molar-refractivity contribution in [2.24, 2.45) is 5.14 Å². The first kappa shape index (κ1) is 13.2. The zero-order chi connectivity index (χ0) is 12.3. The lowest BCUT2D eigenvalue weighted by Crippen LogP contribution is -2.19. The van der Waals surface area contributed by atoms with E-state index in [1.54, 1.807) is 18.2 Å². The summed E-state index contributed by atoms with van der Waals surface area (Å²) >= 11 is 5.66. The minimum absolute atomic E-state index is 0.0296. The zero-order valence-corrected chi connectivity index (χ0v) is 10.3. The van der Waals surface area contributed by atoms with Crippen LogP contribution in [-0.4, -0.2) is 20.1 Å². The van der Waals surface area contributed by atoms with Crippen LogP contribution in [0.3, 0.4) is 0 Å². The summed E-state index contributed by atoms with van der Waals surface area (Å²) in [4.78, 5) is 11.3. The van der Waals surface area contributed by atoms with Gasteiger partial charge in [0.05, 0.1) is 10.8 Å². The molecule has 0 spiro atoms. The summed E-state index contributed by atoms with van der Waals surface area (Å²) in [7, 11) is -3.83. The van der Waals surface area contributed by atoms with Gasteiger partial charge in [-0.15, -0.1) is 11.6 Å². The number of hydrogen-bond donors (Lipinski definition) is 1. The lowest BCUT2D eigenvalue weighted by Gasteiger charge is -2.14. The second-order valence-corrected chi connectivity index (χ2v) is 5.24. The van der Waals surface area contributed by atoms with Gasteiger partial charge in [0.2, 0.25) is 10.0 Å². The molecule has 0 fully saturated rings. The number of primary sulfonamides is 1. The number of rotatable bonds is 4. The molecule has 1 aromatic rings. The molecule has 0 heterocycles. The molecule has 1 atom stereocenters. The molecule has 1 rings (SSSR count). The van der Waals surface area contributed by atoms with Crippen LogP contribution in [0.4, 0.5) is 0 Å². The fourth-order valence-corrected chi connectivity index (χ4v) is 2.63. The molecule has 0 aliphatic carbocycles. The van der Waals surface area contributed by atoms with Crippen molar-refractivity contribution in [1.29, 1.82) is 0 Å². The number of ketones is 1. The standard InChI is InChI=1S/C10H12ClNO3S/c1-7(13)9(6-11)8-4-2-3-5-10(8)16(12,14)15/h2-5,9H,6H2,1H3,(H2,12,14,15). The molecule has 6 heteroatoms.